The first-order chi connectivity index (χ1) is 6.27. The highest BCUT2D eigenvalue weighted by Gasteiger charge is 2.20. The molecule has 0 saturated carbocycles. The van der Waals surface area contributed by atoms with Gasteiger partial charge in [0.05, 0.1) is 13.2 Å². The number of nitrogens with one attached hydrogen (secondary N) is 1. The topological polar surface area (TPSA) is 32.3 Å². The molecule has 1 amide bonds. The normalized spacial score (nSPS) is 16.7. The molecule has 1 aliphatic rings. The third-order valence-corrected chi connectivity index (χ3v) is 2.19. The molecule has 1 aromatic rings. The number of amides is 1. The van der Waals surface area contributed by atoms with Crippen molar-refractivity contribution in [2.75, 3.05) is 18.1 Å². The van der Waals surface area contributed by atoms with Crippen LogP contribution in [0, 0.1) is 6.92 Å². The Hall–Kier alpha value is -1.35. The minimum atomic E-state index is 0.142. The zero-order valence-corrected chi connectivity index (χ0v) is 7.58. The van der Waals surface area contributed by atoms with Crippen LogP contribution in [0.2, 0.25) is 0 Å². The van der Waals surface area contributed by atoms with Gasteiger partial charge in [-0.3, -0.25) is 15.0 Å². The van der Waals surface area contributed by atoms with Gasteiger partial charge in [-0.25, -0.2) is 0 Å². The third-order valence-electron chi connectivity index (χ3n) is 2.19. The van der Waals surface area contributed by atoms with Crippen LogP contribution in [0.1, 0.15) is 5.56 Å². The molecule has 0 unspecified atom stereocenters. The third kappa shape index (κ3) is 1.55. The van der Waals surface area contributed by atoms with Gasteiger partial charge in [0.15, 0.2) is 0 Å². The Morgan fingerprint density at radius 3 is 2.54 bits per heavy atom. The first-order valence-corrected chi connectivity index (χ1v) is 4.35. The van der Waals surface area contributed by atoms with E-state index in [0.717, 1.165) is 5.69 Å². The van der Waals surface area contributed by atoms with E-state index in [4.69, 9.17) is 0 Å². The summed E-state index contributed by atoms with van der Waals surface area (Å²) in [5, 5.41) is 3.01. The highest BCUT2D eigenvalue weighted by Crippen LogP contribution is 2.15. The van der Waals surface area contributed by atoms with Gasteiger partial charge in [-0.05, 0) is 19.1 Å². The number of hydrogen-bond donors (Lipinski definition) is 1. The van der Waals surface area contributed by atoms with E-state index in [9.17, 15) is 4.79 Å². The van der Waals surface area contributed by atoms with Gasteiger partial charge in [-0.1, -0.05) is 17.7 Å². The number of carbonyl (C=O) groups is 1. The van der Waals surface area contributed by atoms with Crippen molar-refractivity contribution < 1.29 is 4.79 Å². The number of rotatable bonds is 1. The van der Waals surface area contributed by atoms with Crippen LogP contribution in [0.4, 0.5) is 5.69 Å². The SMILES string of the molecule is Cc1ccc(N2CNCC2=O)cc1. The Morgan fingerprint density at radius 1 is 1.31 bits per heavy atom. The smallest absolute Gasteiger partial charge is 0.242 e. The standard InChI is InChI=1S/C10H12N2O/c1-8-2-4-9(5-3-8)12-7-11-6-10(12)13/h2-5,11H,6-7H2,1H3. The maximum absolute atomic E-state index is 11.3. The van der Waals surface area contributed by atoms with Gasteiger partial charge in [0.2, 0.25) is 5.91 Å². The molecule has 68 valence electrons. The quantitative estimate of drug-likeness (QED) is 0.689. The second kappa shape index (κ2) is 3.18. The minimum absolute atomic E-state index is 0.142. The van der Waals surface area contributed by atoms with Crippen LogP contribution in [0.25, 0.3) is 0 Å². The van der Waals surface area contributed by atoms with Gasteiger partial charge in [-0.15, -0.1) is 0 Å². The van der Waals surface area contributed by atoms with E-state index in [1.165, 1.54) is 5.56 Å². The lowest BCUT2D eigenvalue weighted by Gasteiger charge is -2.14. The summed E-state index contributed by atoms with van der Waals surface area (Å²) in [5.74, 6) is 0.142. The van der Waals surface area contributed by atoms with Crippen molar-refractivity contribution in [1.29, 1.82) is 0 Å². The number of aryl methyl sites for hydroxylation is 1. The molecule has 3 heteroatoms. The van der Waals surface area contributed by atoms with Crippen LogP contribution in [-0.4, -0.2) is 19.1 Å². The summed E-state index contributed by atoms with van der Waals surface area (Å²) >= 11 is 0. The highest BCUT2D eigenvalue weighted by atomic mass is 16.2. The average molecular weight is 176 g/mol. The van der Waals surface area contributed by atoms with Crippen LogP contribution < -0.4 is 10.2 Å². The van der Waals surface area contributed by atoms with Crippen molar-refractivity contribution in [3.8, 4) is 0 Å². The van der Waals surface area contributed by atoms with Crippen LogP contribution in [0.3, 0.4) is 0 Å². The van der Waals surface area contributed by atoms with E-state index >= 15 is 0 Å². The van der Waals surface area contributed by atoms with Crippen molar-refractivity contribution in [1.82, 2.24) is 5.32 Å². The predicted octanol–water partition coefficient (Wildman–Crippen LogP) is 0.889. The summed E-state index contributed by atoms with van der Waals surface area (Å²) in [6, 6.07) is 7.97. The largest absolute Gasteiger partial charge is 0.298 e. The molecule has 1 fully saturated rings. The fraction of sp³-hybridized carbons (Fsp3) is 0.300. The van der Waals surface area contributed by atoms with E-state index < -0.39 is 0 Å². The van der Waals surface area contributed by atoms with Gasteiger partial charge >= 0.3 is 0 Å². The Kier molecular flexibility index (Phi) is 2.02. The summed E-state index contributed by atoms with van der Waals surface area (Å²) in [7, 11) is 0. The summed E-state index contributed by atoms with van der Waals surface area (Å²) < 4.78 is 0. The van der Waals surface area contributed by atoms with Crippen LogP contribution in [0.5, 0.6) is 0 Å². The van der Waals surface area contributed by atoms with Crippen molar-refractivity contribution in [3.05, 3.63) is 29.8 Å². The highest BCUT2D eigenvalue weighted by molar-refractivity contribution is 5.96. The Balaban J connectivity index is 2.25. The summed E-state index contributed by atoms with van der Waals surface area (Å²) in [5.41, 5.74) is 2.18. The van der Waals surface area contributed by atoms with E-state index in [1.54, 1.807) is 4.90 Å². The van der Waals surface area contributed by atoms with Crippen LogP contribution in [-0.2, 0) is 4.79 Å². The number of anilines is 1. The summed E-state index contributed by atoms with van der Waals surface area (Å²) in [6.45, 7) is 3.11. The van der Waals surface area contributed by atoms with Gasteiger partial charge in [0, 0.05) is 5.69 Å². The first-order valence-electron chi connectivity index (χ1n) is 4.35. The lowest BCUT2D eigenvalue weighted by atomic mass is 10.2. The van der Waals surface area contributed by atoms with E-state index in [1.807, 2.05) is 31.2 Å². The zero-order chi connectivity index (χ0) is 9.26. The zero-order valence-electron chi connectivity index (χ0n) is 7.58. The second-order valence-corrected chi connectivity index (χ2v) is 3.24. The molecule has 1 N–H and O–H groups in total. The fourth-order valence-corrected chi connectivity index (χ4v) is 1.42. The number of nitrogens with zero attached hydrogens (tertiary/aromatic N) is 1. The van der Waals surface area contributed by atoms with Gasteiger partial charge in [-0.2, -0.15) is 0 Å². The van der Waals surface area contributed by atoms with Gasteiger partial charge in [0.1, 0.15) is 0 Å². The molecule has 0 spiro atoms. The van der Waals surface area contributed by atoms with Crippen molar-refractivity contribution >= 4 is 11.6 Å². The van der Waals surface area contributed by atoms with Crippen LogP contribution >= 0.6 is 0 Å². The van der Waals surface area contributed by atoms with E-state index in [2.05, 4.69) is 5.32 Å². The Bertz CT molecular complexity index is 318. The van der Waals surface area contributed by atoms with E-state index in [0.29, 0.717) is 13.2 Å². The molecule has 13 heavy (non-hydrogen) atoms. The maximum atomic E-state index is 11.3. The lowest BCUT2D eigenvalue weighted by Crippen LogP contribution is -2.25. The molecule has 0 aliphatic carbocycles. The maximum Gasteiger partial charge on any atom is 0.242 e. The van der Waals surface area contributed by atoms with Crippen molar-refractivity contribution in [2.24, 2.45) is 0 Å². The molecule has 0 atom stereocenters. The molecular weight excluding hydrogens is 164 g/mol. The summed E-state index contributed by atoms with van der Waals surface area (Å²) in [4.78, 5) is 13.1. The van der Waals surface area contributed by atoms with E-state index in [-0.39, 0.29) is 5.91 Å². The molecule has 1 saturated heterocycles. The Morgan fingerprint density at radius 2 is 2.00 bits per heavy atom. The summed E-state index contributed by atoms with van der Waals surface area (Å²) in [6.07, 6.45) is 0. The van der Waals surface area contributed by atoms with Crippen molar-refractivity contribution in [2.45, 2.75) is 6.92 Å². The molecule has 0 radical (unpaired) electrons. The van der Waals surface area contributed by atoms with Crippen molar-refractivity contribution in [3.63, 3.8) is 0 Å². The lowest BCUT2D eigenvalue weighted by molar-refractivity contribution is -0.116. The Labute approximate surface area is 77.4 Å². The molecule has 1 heterocycles. The second-order valence-electron chi connectivity index (χ2n) is 3.24. The molecule has 1 aliphatic heterocycles. The first kappa shape index (κ1) is 8.26. The minimum Gasteiger partial charge on any atom is -0.298 e. The average Bonchev–Trinajstić information content (AvgIpc) is 2.53. The molecule has 1 aromatic carbocycles. The monoisotopic (exact) mass is 176 g/mol. The predicted molar refractivity (Wildman–Crippen MR) is 51.5 cm³/mol. The molecule has 2 rings (SSSR count). The molecule has 0 aromatic heterocycles. The van der Waals surface area contributed by atoms with Crippen LogP contribution in [0.15, 0.2) is 24.3 Å². The van der Waals surface area contributed by atoms with Gasteiger partial charge < -0.3 is 0 Å². The molecule has 0 bridgehead atoms. The molecule has 3 nitrogen and oxygen atoms in total. The molecular formula is C10H12N2O. The fourth-order valence-electron chi connectivity index (χ4n) is 1.42. The number of hydrogen-bond acceptors (Lipinski definition) is 2. The van der Waals surface area contributed by atoms with Gasteiger partial charge in [0.25, 0.3) is 0 Å². The number of carbonyl (C=O) groups excluding carboxylic acids is 1. The number of benzene rings is 1.